The van der Waals surface area contributed by atoms with E-state index in [0.717, 1.165) is 22.4 Å². The molecule has 0 bridgehead atoms. The average Bonchev–Trinajstić information content (AvgIpc) is 3.44. The number of rotatable bonds is 5. The van der Waals surface area contributed by atoms with Gasteiger partial charge < -0.3 is 18.9 Å². The zero-order valence-electron chi connectivity index (χ0n) is 17.2. The smallest absolute Gasteiger partial charge is 0.268 e. The number of halogens is 1. The minimum atomic E-state index is -0.326. The number of amides is 1. The molecule has 0 aliphatic carbocycles. The third-order valence-electron chi connectivity index (χ3n) is 5.60. The van der Waals surface area contributed by atoms with Crippen molar-refractivity contribution in [3.8, 4) is 0 Å². The Kier molecular flexibility index (Phi) is 4.58. The first-order valence-electron chi connectivity index (χ1n) is 10.1. The number of benzene rings is 2. The molecule has 1 amide bonds. The highest BCUT2D eigenvalue weighted by Gasteiger charge is 2.22. The molecule has 0 saturated carbocycles. The zero-order valence-corrected chi connectivity index (χ0v) is 17.2. The minimum absolute atomic E-state index is 0.221. The van der Waals surface area contributed by atoms with Crippen molar-refractivity contribution in [2.45, 2.75) is 19.5 Å². The summed E-state index contributed by atoms with van der Waals surface area (Å²) in [6.07, 6.45) is 1.56. The summed E-state index contributed by atoms with van der Waals surface area (Å²) in [5.74, 6) is 0.167. The summed E-state index contributed by atoms with van der Waals surface area (Å²) < 4.78 is 23.5. The third-order valence-corrected chi connectivity index (χ3v) is 5.60. The van der Waals surface area contributed by atoms with Crippen LogP contribution in [0.4, 0.5) is 4.39 Å². The topological polar surface area (TPSA) is 65.0 Å². The van der Waals surface area contributed by atoms with Gasteiger partial charge in [-0.1, -0.05) is 30.3 Å². The average molecular weight is 416 g/mol. The summed E-state index contributed by atoms with van der Waals surface area (Å²) in [6, 6.07) is 17.5. The summed E-state index contributed by atoms with van der Waals surface area (Å²) in [5.41, 5.74) is 4.10. The van der Waals surface area contributed by atoms with Crippen LogP contribution in [0.2, 0.25) is 0 Å². The van der Waals surface area contributed by atoms with E-state index in [1.54, 1.807) is 41.2 Å². The number of hydrogen-bond acceptors (Lipinski definition) is 3. The van der Waals surface area contributed by atoms with Gasteiger partial charge in [-0.15, -0.1) is 0 Å². The second-order valence-electron chi connectivity index (χ2n) is 7.59. The van der Waals surface area contributed by atoms with E-state index in [2.05, 4.69) is 10.3 Å². The Hall–Kier alpha value is -3.87. The zero-order chi connectivity index (χ0) is 21.5. The van der Waals surface area contributed by atoms with Crippen molar-refractivity contribution in [3.05, 3.63) is 89.8 Å². The van der Waals surface area contributed by atoms with E-state index in [1.165, 1.54) is 6.07 Å². The Labute approximate surface area is 177 Å². The van der Waals surface area contributed by atoms with Crippen molar-refractivity contribution in [2.75, 3.05) is 0 Å². The highest BCUT2D eigenvalue weighted by molar-refractivity contribution is 5.97. The molecule has 31 heavy (non-hydrogen) atoms. The number of nitrogens with one attached hydrogen (secondary N) is 1. The normalized spacial score (nSPS) is 12.5. The molecular weight excluding hydrogens is 395 g/mol. The molecule has 6 nitrogen and oxygen atoms in total. The fraction of sp³-hybridized carbons (Fsp3) is 0.167. The van der Waals surface area contributed by atoms with Crippen molar-refractivity contribution < 1.29 is 13.6 Å². The molecule has 2 aromatic carbocycles. The van der Waals surface area contributed by atoms with Gasteiger partial charge in [0.25, 0.3) is 5.91 Å². The van der Waals surface area contributed by atoms with Gasteiger partial charge in [-0.2, -0.15) is 0 Å². The molecule has 5 rings (SSSR count). The number of aryl methyl sites for hydroxylation is 1. The van der Waals surface area contributed by atoms with E-state index >= 15 is 0 Å². The number of furan rings is 1. The van der Waals surface area contributed by atoms with E-state index in [0.29, 0.717) is 16.8 Å². The van der Waals surface area contributed by atoms with Crippen LogP contribution in [0.15, 0.2) is 71.3 Å². The van der Waals surface area contributed by atoms with Crippen LogP contribution in [0.25, 0.3) is 22.1 Å². The Balaban J connectivity index is 1.47. The van der Waals surface area contributed by atoms with Gasteiger partial charge in [-0.05, 0) is 25.1 Å². The van der Waals surface area contributed by atoms with Crippen molar-refractivity contribution in [3.63, 3.8) is 0 Å². The maximum Gasteiger partial charge on any atom is 0.268 e. The summed E-state index contributed by atoms with van der Waals surface area (Å²) in [4.78, 5) is 17.9. The molecule has 0 radical (unpaired) electrons. The van der Waals surface area contributed by atoms with Crippen molar-refractivity contribution >= 4 is 28.0 Å². The molecule has 7 heteroatoms. The van der Waals surface area contributed by atoms with Crippen LogP contribution < -0.4 is 5.32 Å². The van der Waals surface area contributed by atoms with E-state index in [9.17, 15) is 9.18 Å². The number of aromatic nitrogens is 3. The van der Waals surface area contributed by atoms with Gasteiger partial charge in [0.05, 0.1) is 35.4 Å². The van der Waals surface area contributed by atoms with Crippen LogP contribution in [-0.2, 0) is 13.6 Å². The lowest BCUT2D eigenvalue weighted by molar-refractivity contribution is 0.0929. The van der Waals surface area contributed by atoms with Crippen molar-refractivity contribution in [2.24, 2.45) is 7.05 Å². The maximum absolute atomic E-state index is 14.3. The molecule has 0 aliphatic heterocycles. The molecule has 1 N–H and O–H groups in total. The number of imidazole rings is 1. The first-order chi connectivity index (χ1) is 15.0. The number of nitrogens with zero attached hydrogens (tertiary/aromatic N) is 3. The fourth-order valence-electron chi connectivity index (χ4n) is 4.02. The lowest BCUT2D eigenvalue weighted by atomic mass is 10.2. The van der Waals surface area contributed by atoms with Gasteiger partial charge in [0.2, 0.25) is 0 Å². The summed E-state index contributed by atoms with van der Waals surface area (Å²) >= 11 is 0. The number of fused-ring (bicyclic) bond motifs is 2. The summed E-state index contributed by atoms with van der Waals surface area (Å²) in [5, 5.41) is 3.03. The first kappa shape index (κ1) is 19.1. The molecule has 0 unspecified atom stereocenters. The molecule has 1 atom stereocenters. The van der Waals surface area contributed by atoms with Crippen LogP contribution in [0.5, 0.6) is 0 Å². The predicted octanol–water partition coefficient (Wildman–Crippen LogP) is 4.80. The second kappa shape index (κ2) is 7.43. The van der Waals surface area contributed by atoms with Gasteiger partial charge in [0, 0.05) is 24.7 Å². The minimum Gasteiger partial charge on any atom is -0.463 e. The van der Waals surface area contributed by atoms with Crippen LogP contribution in [0, 0.1) is 5.82 Å². The fourth-order valence-corrected chi connectivity index (χ4v) is 4.02. The van der Waals surface area contributed by atoms with Crippen LogP contribution in [0.1, 0.15) is 34.8 Å². The number of carbonyl (C=O) groups is 1. The highest BCUT2D eigenvalue weighted by atomic mass is 19.1. The molecule has 3 aromatic heterocycles. The largest absolute Gasteiger partial charge is 0.463 e. The highest BCUT2D eigenvalue weighted by Crippen LogP contribution is 2.25. The molecule has 0 saturated heterocycles. The molecule has 0 spiro atoms. The van der Waals surface area contributed by atoms with Crippen LogP contribution >= 0.6 is 0 Å². The van der Waals surface area contributed by atoms with E-state index in [-0.39, 0.29) is 24.3 Å². The van der Waals surface area contributed by atoms with Gasteiger partial charge in [0.1, 0.15) is 17.3 Å². The van der Waals surface area contributed by atoms with Crippen LogP contribution in [0.3, 0.4) is 0 Å². The first-order valence-corrected chi connectivity index (χ1v) is 10.1. The lowest BCUT2D eigenvalue weighted by Gasteiger charge is -2.16. The molecule has 3 heterocycles. The van der Waals surface area contributed by atoms with Crippen molar-refractivity contribution in [1.29, 1.82) is 0 Å². The predicted molar refractivity (Wildman–Crippen MR) is 116 cm³/mol. The van der Waals surface area contributed by atoms with Crippen LogP contribution in [-0.4, -0.2) is 20.0 Å². The Morgan fingerprint density at radius 2 is 1.90 bits per heavy atom. The monoisotopic (exact) mass is 416 g/mol. The van der Waals surface area contributed by atoms with E-state index in [1.807, 2.05) is 42.8 Å². The SMILES string of the molecule is C[C@H](NC(=O)c1cc2occc2n1Cc1ccccc1F)c1nc2ccccc2n1C. The Bertz CT molecular complexity index is 1410. The van der Waals surface area contributed by atoms with E-state index in [4.69, 9.17) is 4.42 Å². The van der Waals surface area contributed by atoms with E-state index < -0.39 is 0 Å². The standard InChI is InChI=1S/C24H21FN4O2/c1-15(23-27-18-9-5-6-10-19(18)28(23)2)26-24(30)21-13-22-20(11-12-31-22)29(21)14-16-7-3-4-8-17(16)25/h3-13,15H,14H2,1-2H3,(H,26,30)/t15-/m0/s1. The Morgan fingerprint density at radius 1 is 1.13 bits per heavy atom. The lowest BCUT2D eigenvalue weighted by Crippen LogP contribution is -2.30. The van der Waals surface area contributed by atoms with Gasteiger partial charge in [-0.25, -0.2) is 9.37 Å². The summed E-state index contributed by atoms with van der Waals surface area (Å²) in [7, 11) is 1.93. The number of para-hydroxylation sites is 2. The van der Waals surface area contributed by atoms with Gasteiger partial charge >= 0.3 is 0 Å². The van der Waals surface area contributed by atoms with Gasteiger partial charge in [-0.3, -0.25) is 4.79 Å². The molecule has 156 valence electrons. The third kappa shape index (κ3) is 3.28. The maximum atomic E-state index is 14.3. The quantitative estimate of drug-likeness (QED) is 0.448. The number of carbonyl (C=O) groups excluding carboxylic acids is 1. The Morgan fingerprint density at radius 3 is 2.71 bits per heavy atom. The molecule has 0 fully saturated rings. The van der Waals surface area contributed by atoms with Gasteiger partial charge in [0.15, 0.2) is 5.58 Å². The molecule has 0 aliphatic rings. The summed E-state index contributed by atoms with van der Waals surface area (Å²) in [6.45, 7) is 2.12. The molecular formula is C24H21FN4O2. The second-order valence-corrected chi connectivity index (χ2v) is 7.59. The van der Waals surface area contributed by atoms with Crippen molar-refractivity contribution in [1.82, 2.24) is 19.4 Å². The number of hydrogen-bond donors (Lipinski definition) is 1. The molecule has 5 aromatic rings.